The molecule has 17 heavy (non-hydrogen) atoms. The third kappa shape index (κ3) is 5.73. The van der Waals surface area contributed by atoms with E-state index >= 15 is 0 Å². The van der Waals surface area contributed by atoms with Crippen LogP contribution in [0.2, 0.25) is 0 Å². The SMILES string of the molecule is CCCC(O)CCc1ccc(OC(C)C)cc1. The van der Waals surface area contributed by atoms with Gasteiger partial charge in [0.1, 0.15) is 5.75 Å². The molecule has 0 saturated heterocycles. The Hall–Kier alpha value is -1.02. The van der Waals surface area contributed by atoms with Crippen LogP contribution in [-0.2, 0) is 6.42 Å². The lowest BCUT2D eigenvalue weighted by atomic mass is 10.0. The molecular weight excluding hydrogens is 212 g/mol. The largest absolute Gasteiger partial charge is 0.491 e. The molecule has 1 rings (SSSR count). The molecule has 1 unspecified atom stereocenters. The van der Waals surface area contributed by atoms with Crippen molar-refractivity contribution in [3.8, 4) is 5.75 Å². The highest BCUT2D eigenvalue weighted by Crippen LogP contribution is 2.15. The van der Waals surface area contributed by atoms with Gasteiger partial charge in [-0.15, -0.1) is 0 Å². The first-order valence-electron chi connectivity index (χ1n) is 6.55. The molecule has 0 saturated carbocycles. The molecule has 0 aliphatic heterocycles. The zero-order valence-electron chi connectivity index (χ0n) is 11.1. The monoisotopic (exact) mass is 236 g/mol. The normalized spacial score (nSPS) is 12.8. The van der Waals surface area contributed by atoms with Gasteiger partial charge in [0.25, 0.3) is 0 Å². The van der Waals surface area contributed by atoms with Crippen molar-refractivity contribution in [1.82, 2.24) is 0 Å². The Kier molecular flexibility index (Phi) is 6.06. The molecule has 1 atom stereocenters. The Morgan fingerprint density at radius 1 is 1.12 bits per heavy atom. The lowest BCUT2D eigenvalue weighted by molar-refractivity contribution is 0.154. The predicted molar refractivity (Wildman–Crippen MR) is 71.4 cm³/mol. The summed E-state index contributed by atoms with van der Waals surface area (Å²) >= 11 is 0. The molecule has 0 aliphatic rings. The van der Waals surface area contributed by atoms with Crippen LogP contribution in [-0.4, -0.2) is 17.3 Å². The Morgan fingerprint density at radius 3 is 2.29 bits per heavy atom. The third-order valence-electron chi connectivity index (χ3n) is 2.68. The summed E-state index contributed by atoms with van der Waals surface area (Å²) in [4.78, 5) is 0. The van der Waals surface area contributed by atoms with Gasteiger partial charge in [0.05, 0.1) is 12.2 Å². The van der Waals surface area contributed by atoms with Crippen LogP contribution in [0.3, 0.4) is 0 Å². The highest BCUT2D eigenvalue weighted by Gasteiger charge is 2.03. The number of rotatable bonds is 7. The van der Waals surface area contributed by atoms with E-state index < -0.39 is 0 Å². The zero-order valence-corrected chi connectivity index (χ0v) is 11.1. The van der Waals surface area contributed by atoms with Crippen LogP contribution >= 0.6 is 0 Å². The Morgan fingerprint density at radius 2 is 1.76 bits per heavy atom. The lowest BCUT2D eigenvalue weighted by Gasteiger charge is -2.11. The first-order chi connectivity index (χ1) is 8.11. The summed E-state index contributed by atoms with van der Waals surface area (Å²) in [5.41, 5.74) is 1.26. The van der Waals surface area contributed by atoms with Crippen LogP contribution in [0.1, 0.15) is 45.6 Å². The quantitative estimate of drug-likeness (QED) is 0.784. The van der Waals surface area contributed by atoms with E-state index in [0.717, 1.165) is 31.4 Å². The van der Waals surface area contributed by atoms with Gasteiger partial charge in [0.2, 0.25) is 0 Å². The number of aryl methyl sites for hydroxylation is 1. The number of ether oxygens (including phenoxy) is 1. The number of hydrogen-bond acceptors (Lipinski definition) is 2. The summed E-state index contributed by atoms with van der Waals surface area (Å²) in [7, 11) is 0. The average Bonchev–Trinajstić information content (AvgIpc) is 2.28. The second-order valence-corrected chi connectivity index (χ2v) is 4.79. The van der Waals surface area contributed by atoms with E-state index in [4.69, 9.17) is 4.74 Å². The topological polar surface area (TPSA) is 29.5 Å². The van der Waals surface area contributed by atoms with E-state index in [1.807, 2.05) is 26.0 Å². The fourth-order valence-electron chi connectivity index (χ4n) is 1.82. The van der Waals surface area contributed by atoms with E-state index in [1.165, 1.54) is 5.56 Å². The molecule has 2 heteroatoms. The van der Waals surface area contributed by atoms with Crippen LogP contribution < -0.4 is 4.74 Å². The first-order valence-corrected chi connectivity index (χ1v) is 6.55. The van der Waals surface area contributed by atoms with Gasteiger partial charge < -0.3 is 9.84 Å². The maximum atomic E-state index is 9.66. The fraction of sp³-hybridized carbons (Fsp3) is 0.600. The molecule has 0 aliphatic carbocycles. The summed E-state index contributed by atoms with van der Waals surface area (Å²) in [5.74, 6) is 0.915. The van der Waals surface area contributed by atoms with Gasteiger partial charge >= 0.3 is 0 Å². The average molecular weight is 236 g/mol. The number of hydrogen-bond donors (Lipinski definition) is 1. The fourth-order valence-corrected chi connectivity index (χ4v) is 1.82. The van der Waals surface area contributed by atoms with Crippen LogP contribution in [0.25, 0.3) is 0 Å². The highest BCUT2D eigenvalue weighted by atomic mass is 16.5. The summed E-state index contributed by atoms with van der Waals surface area (Å²) in [5, 5.41) is 9.66. The van der Waals surface area contributed by atoms with Crippen LogP contribution in [0.5, 0.6) is 5.75 Å². The van der Waals surface area contributed by atoms with Crippen LogP contribution in [0.15, 0.2) is 24.3 Å². The molecular formula is C15H24O2. The minimum Gasteiger partial charge on any atom is -0.491 e. The predicted octanol–water partition coefficient (Wildman–Crippen LogP) is 3.57. The molecule has 0 heterocycles. The summed E-state index contributed by atoms with van der Waals surface area (Å²) in [6, 6.07) is 8.16. The molecule has 2 nitrogen and oxygen atoms in total. The third-order valence-corrected chi connectivity index (χ3v) is 2.68. The van der Waals surface area contributed by atoms with Crippen molar-refractivity contribution in [1.29, 1.82) is 0 Å². The minimum atomic E-state index is -0.161. The molecule has 1 aromatic carbocycles. The Bertz CT molecular complexity index is 303. The van der Waals surface area contributed by atoms with Crippen LogP contribution in [0, 0.1) is 0 Å². The maximum Gasteiger partial charge on any atom is 0.119 e. The van der Waals surface area contributed by atoms with E-state index in [-0.39, 0.29) is 12.2 Å². The molecule has 1 N–H and O–H groups in total. The molecule has 0 bridgehead atoms. The second kappa shape index (κ2) is 7.33. The van der Waals surface area contributed by atoms with Crippen molar-refractivity contribution in [2.24, 2.45) is 0 Å². The maximum absolute atomic E-state index is 9.66. The van der Waals surface area contributed by atoms with Gasteiger partial charge in [-0.05, 0) is 50.8 Å². The standard InChI is InChI=1S/C15H24O2/c1-4-5-14(16)9-6-13-7-10-15(11-8-13)17-12(2)3/h7-8,10-12,14,16H,4-6,9H2,1-3H3. The van der Waals surface area contributed by atoms with Crippen molar-refractivity contribution in [3.05, 3.63) is 29.8 Å². The number of benzene rings is 1. The van der Waals surface area contributed by atoms with Gasteiger partial charge in [-0.25, -0.2) is 0 Å². The lowest BCUT2D eigenvalue weighted by Crippen LogP contribution is -2.07. The van der Waals surface area contributed by atoms with Crippen LogP contribution in [0.4, 0.5) is 0 Å². The van der Waals surface area contributed by atoms with Crippen molar-refractivity contribution in [2.75, 3.05) is 0 Å². The molecule has 0 spiro atoms. The molecule has 0 radical (unpaired) electrons. The smallest absolute Gasteiger partial charge is 0.119 e. The van der Waals surface area contributed by atoms with Crippen molar-refractivity contribution >= 4 is 0 Å². The van der Waals surface area contributed by atoms with Crippen molar-refractivity contribution < 1.29 is 9.84 Å². The van der Waals surface area contributed by atoms with Gasteiger partial charge in [-0.2, -0.15) is 0 Å². The zero-order chi connectivity index (χ0) is 12.7. The van der Waals surface area contributed by atoms with Gasteiger partial charge in [0.15, 0.2) is 0 Å². The number of aliphatic hydroxyl groups is 1. The van der Waals surface area contributed by atoms with Gasteiger partial charge in [-0.1, -0.05) is 25.5 Å². The minimum absolute atomic E-state index is 0.161. The van der Waals surface area contributed by atoms with E-state index in [0.29, 0.717) is 0 Å². The molecule has 0 amide bonds. The summed E-state index contributed by atoms with van der Waals surface area (Å²) < 4.78 is 5.58. The summed E-state index contributed by atoms with van der Waals surface area (Å²) in [6.45, 7) is 6.14. The van der Waals surface area contributed by atoms with Gasteiger partial charge in [0, 0.05) is 0 Å². The Balaban J connectivity index is 2.40. The Labute approximate surface area is 105 Å². The van der Waals surface area contributed by atoms with Crippen molar-refractivity contribution in [3.63, 3.8) is 0 Å². The molecule has 0 fully saturated rings. The van der Waals surface area contributed by atoms with E-state index in [2.05, 4.69) is 19.1 Å². The molecule has 96 valence electrons. The van der Waals surface area contributed by atoms with E-state index in [9.17, 15) is 5.11 Å². The highest BCUT2D eigenvalue weighted by molar-refractivity contribution is 5.27. The van der Waals surface area contributed by atoms with E-state index in [1.54, 1.807) is 0 Å². The first kappa shape index (κ1) is 14.0. The number of aliphatic hydroxyl groups excluding tert-OH is 1. The molecule has 0 aromatic heterocycles. The van der Waals surface area contributed by atoms with Crippen molar-refractivity contribution in [2.45, 2.75) is 58.7 Å². The summed E-state index contributed by atoms with van der Waals surface area (Å²) in [6.07, 6.45) is 3.77. The molecule has 1 aromatic rings. The second-order valence-electron chi connectivity index (χ2n) is 4.79. The van der Waals surface area contributed by atoms with Gasteiger partial charge in [-0.3, -0.25) is 0 Å².